The van der Waals surface area contributed by atoms with Gasteiger partial charge < -0.3 is 4.57 Å². The van der Waals surface area contributed by atoms with Crippen molar-refractivity contribution in [2.75, 3.05) is 5.75 Å². The lowest BCUT2D eigenvalue weighted by Gasteiger charge is -2.07. The number of nitrogens with zero attached hydrogens (tertiary/aromatic N) is 8. The van der Waals surface area contributed by atoms with E-state index in [1.165, 1.54) is 0 Å². The van der Waals surface area contributed by atoms with Crippen LogP contribution in [0.15, 0.2) is 60.0 Å². The molecule has 0 aliphatic heterocycles. The first-order chi connectivity index (χ1) is 14.8. The topological polar surface area (TPSA) is 87.2 Å². The standard InChI is InChI=1S/C21H24N8S/c1-2-28-20(18-11-13-22-14-12-18)24-25-21(28)30-16-8-4-7-15-29-26-19(23-27-29)17-9-5-3-6-10-17/h3,5-6,9-14H,2,4,7-8,15-16H2,1H3. The lowest BCUT2D eigenvalue weighted by molar-refractivity contribution is 0.487. The van der Waals surface area contributed by atoms with Gasteiger partial charge in [-0.25, -0.2) is 0 Å². The number of tetrazole rings is 1. The predicted molar refractivity (Wildman–Crippen MR) is 117 cm³/mol. The van der Waals surface area contributed by atoms with E-state index < -0.39 is 0 Å². The molecule has 0 bridgehead atoms. The molecule has 0 aliphatic carbocycles. The van der Waals surface area contributed by atoms with Gasteiger partial charge in [-0.05, 0) is 37.1 Å². The summed E-state index contributed by atoms with van der Waals surface area (Å²) in [6.07, 6.45) is 6.79. The summed E-state index contributed by atoms with van der Waals surface area (Å²) in [5.41, 5.74) is 2.03. The van der Waals surface area contributed by atoms with Gasteiger partial charge in [0.05, 0.1) is 6.54 Å². The van der Waals surface area contributed by atoms with Crippen LogP contribution < -0.4 is 0 Å². The maximum atomic E-state index is 4.46. The smallest absolute Gasteiger partial charge is 0.204 e. The molecule has 0 fully saturated rings. The van der Waals surface area contributed by atoms with Crippen LogP contribution >= 0.6 is 11.8 Å². The third-order valence-corrected chi connectivity index (χ3v) is 5.74. The lowest BCUT2D eigenvalue weighted by Crippen LogP contribution is -2.03. The van der Waals surface area contributed by atoms with Crippen LogP contribution in [-0.2, 0) is 13.1 Å². The highest BCUT2D eigenvalue weighted by atomic mass is 32.2. The highest BCUT2D eigenvalue weighted by Gasteiger charge is 2.12. The molecular weight excluding hydrogens is 396 g/mol. The Hall–Kier alpha value is -3.07. The molecule has 0 amide bonds. The number of hydrogen-bond acceptors (Lipinski definition) is 7. The zero-order valence-electron chi connectivity index (χ0n) is 16.9. The van der Waals surface area contributed by atoms with Gasteiger partial charge in [-0.2, -0.15) is 4.80 Å². The minimum absolute atomic E-state index is 0.676. The summed E-state index contributed by atoms with van der Waals surface area (Å²) in [5.74, 6) is 2.58. The van der Waals surface area contributed by atoms with Gasteiger partial charge in [0, 0.05) is 35.8 Å². The van der Waals surface area contributed by atoms with Gasteiger partial charge in [0.2, 0.25) is 5.82 Å². The van der Waals surface area contributed by atoms with Crippen LogP contribution in [0.25, 0.3) is 22.8 Å². The fourth-order valence-corrected chi connectivity index (χ4v) is 4.13. The molecule has 9 heteroatoms. The molecule has 0 aliphatic rings. The van der Waals surface area contributed by atoms with Gasteiger partial charge in [0.1, 0.15) is 0 Å². The van der Waals surface area contributed by atoms with Crippen molar-refractivity contribution in [2.45, 2.75) is 44.4 Å². The second-order valence-corrected chi connectivity index (χ2v) is 7.83. The third kappa shape index (κ3) is 4.91. The van der Waals surface area contributed by atoms with Crippen molar-refractivity contribution in [3.63, 3.8) is 0 Å². The molecule has 1 aromatic carbocycles. The Morgan fingerprint density at radius 3 is 2.50 bits per heavy atom. The second kappa shape index (κ2) is 10.1. The van der Waals surface area contributed by atoms with E-state index >= 15 is 0 Å². The Morgan fingerprint density at radius 1 is 0.867 bits per heavy atom. The van der Waals surface area contributed by atoms with Crippen LogP contribution in [-0.4, -0.2) is 45.7 Å². The number of aromatic nitrogens is 8. The number of benzene rings is 1. The zero-order chi connectivity index (χ0) is 20.6. The maximum Gasteiger partial charge on any atom is 0.204 e. The Balaban J connectivity index is 1.22. The molecule has 0 saturated carbocycles. The fourth-order valence-electron chi connectivity index (χ4n) is 3.13. The number of hydrogen-bond donors (Lipinski definition) is 0. The Bertz CT molecular complexity index is 1050. The number of pyridine rings is 1. The quantitative estimate of drug-likeness (QED) is 0.283. The normalized spacial score (nSPS) is 11.1. The highest BCUT2D eigenvalue weighted by molar-refractivity contribution is 7.99. The first-order valence-electron chi connectivity index (χ1n) is 10.1. The largest absolute Gasteiger partial charge is 0.302 e. The lowest BCUT2D eigenvalue weighted by atomic mass is 10.2. The summed E-state index contributed by atoms with van der Waals surface area (Å²) in [7, 11) is 0. The van der Waals surface area contributed by atoms with Crippen molar-refractivity contribution in [2.24, 2.45) is 0 Å². The van der Waals surface area contributed by atoms with E-state index in [4.69, 9.17) is 0 Å². The van der Waals surface area contributed by atoms with Crippen molar-refractivity contribution in [1.82, 2.24) is 40.0 Å². The number of unbranched alkanes of at least 4 members (excludes halogenated alkanes) is 2. The van der Waals surface area contributed by atoms with E-state index in [0.717, 1.165) is 60.2 Å². The Kier molecular flexibility index (Phi) is 6.81. The molecule has 0 N–H and O–H groups in total. The van der Waals surface area contributed by atoms with Crippen LogP contribution in [0, 0.1) is 0 Å². The van der Waals surface area contributed by atoms with Crippen molar-refractivity contribution in [3.8, 4) is 22.8 Å². The first kappa shape index (κ1) is 20.2. The molecule has 0 unspecified atom stereocenters. The molecule has 0 spiro atoms. The molecule has 0 atom stereocenters. The summed E-state index contributed by atoms with van der Waals surface area (Å²) in [5, 5.41) is 22.5. The number of rotatable bonds is 10. The minimum Gasteiger partial charge on any atom is -0.302 e. The molecule has 30 heavy (non-hydrogen) atoms. The fraction of sp³-hybridized carbons (Fsp3) is 0.333. The van der Waals surface area contributed by atoms with E-state index in [9.17, 15) is 0 Å². The molecule has 4 rings (SSSR count). The molecule has 0 radical (unpaired) electrons. The van der Waals surface area contributed by atoms with Crippen LogP contribution in [0.5, 0.6) is 0 Å². The SMILES string of the molecule is CCn1c(SCCCCCn2nnc(-c3ccccc3)n2)nnc1-c1ccncc1. The van der Waals surface area contributed by atoms with Crippen LogP contribution in [0.2, 0.25) is 0 Å². The first-order valence-corrected chi connectivity index (χ1v) is 11.1. The molecule has 3 aromatic heterocycles. The van der Waals surface area contributed by atoms with Crippen LogP contribution in [0.1, 0.15) is 26.2 Å². The van der Waals surface area contributed by atoms with E-state index in [0.29, 0.717) is 5.82 Å². The Labute approximate surface area is 179 Å². The molecular formula is C21H24N8S. The van der Waals surface area contributed by atoms with Crippen molar-refractivity contribution >= 4 is 11.8 Å². The van der Waals surface area contributed by atoms with Gasteiger partial charge in [0.25, 0.3) is 0 Å². The summed E-state index contributed by atoms with van der Waals surface area (Å²) < 4.78 is 2.16. The number of aryl methyl sites for hydroxylation is 1. The average molecular weight is 421 g/mol. The molecule has 8 nitrogen and oxygen atoms in total. The summed E-state index contributed by atoms with van der Waals surface area (Å²) in [6.45, 7) is 3.74. The van der Waals surface area contributed by atoms with E-state index in [2.05, 4.69) is 42.1 Å². The van der Waals surface area contributed by atoms with Crippen LogP contribution in [0.3, 0.4) is 0 Å². The van der Waals surface area contributed by atoms with E-state index in [1.807, 2.05) is 42.5 Å². The molecule has 3 heterocycles. The number of thioether (sulfide) groups is 1. The maximum absolute atomic E-state index is 4.46. The van der Waals surface area contributed by atoms with Crippen molar-refractivity contribution in [1.29, 1.82) is 0 Å². The van der Waals surface area contributed by atoms with Gasteiger partial charge in [0.15, 0.2) is 11.0 Å². The van der Waals surface area contributed by atoms with Gasteiger partial charge >= 0.3 is 0 Å². The van der Waals surface area contributed by atoms with Crippen molar-refractivity contribution < 1.29 is 0 Å². The van der Waals surface area contributed by atoms with Gasteiger partial charge in [-0.1, -0.05) is 48.5 Å². The Morgan fingerprint density at radius 2 is 1.70 bits per heavy atom. The average Bonchev–Trinajstić information content (AvgIpc) is 3.44. The zero-order valence-corrected chi connectivity index (χ0v) is 17.7. The van der Waals surface area contributed by atoms with Gasteiger partial charge in [-0.3, -0.25) is 4.98 Å². The molecule has 4 aromatic rings. The van der Waals surface area contributed by atoms with Crippen molar-refractivity contribution in [3.05, 3.63) is 54.9 Å². The van der Waals surface area contributed by atoms with E-state index in [-0.39, 0.29) is 0 Å². The highest BCUT2D eigenvalue weighted by Crippen LogP contribution is 2.24. The summed E-state index contributed by atoms with van der Waals surface area (Å²) in [4.78, 5) is 5.76. The van der Waals surface area contributed by atoms with E-state index in [1.54, 1.807) is 29.0 Å². The monoisotopic (exact) mass is 420 g/mol. The minimum atomic E-state index is 0.676. The third-order valence-electron chi connectivity index (χ3n) is 4.69. The summed E-state index contributed by atoms with van der Waals surface area (Å²) >= 11 is 1.76. The predicted octanol–water partition coefficient (Wildman–Crippen LogP) is 3.98. The molecule has 0 saturated heterocycles. The van der Waals surface area contributed by atoms with Gasteiger partial charge in [-0.15, -0.1) is 20.4 Å². The van der Waals surface area contributed by atoms with Crippen LogP contribution in [0.4, 0.5) is 0 Å². The second-order valence-electron chi connectivity index (χ2n) is 6.77. The molecule has 154 valence electrons. The summed E-state index contributed by atoms with van der Waals surface area (Å²) in [6, 6.07) is 13.9.